The van der Waals surface area contributed by atoms with E-state index in [1.165, 1.54) is 16.7 Å². The summed E-state index contributed by atoms with van der Waals surface area (Å²) in [7, 11) is 0. The van der Waals surface area contributed by atoms with Gasteiger partial charge in [-0.25, -0.2) is 4.98 Å². The Morgan fingerprint density at radius 1 is 0.882 bits per heavy atom. The number of carbonyl (C=O) groups is 3. The van der Waals surface area contributed by atoms with Crippen LogP contribution in [0.25, 0.3) is 0 Å². The molecule has 3 aliphatic rings. The minimum Gasteiger partial charge on any atom is -0.353 e. The predicted octanol–water partition coefficient (Wildman–Crippen LogP) is 2.25. The molecule has 0 radical (unpaired) electrons. The summed E-state index contributed by atoms with van der Waals surface area (Å²) in [4.78, 5) is 52.5. The number of aromatic nitrogens is 1. The molecular weight excluding hydrogens is 450 g/mol. The van der Waals surface area contributed by atoms with E-state index in [-0.39, 0.29) is 24.3 Å². The Kier molecular flexibility index (Phi) is 6.71. The van der Waals surface area contributed by atoms with Crippen LogP contribution < -0.4 is 9.80 Å². The third-order valence-corrected chi connectivity index (χ3v) is 7.92. The molecule has 0 aliphatic carbocycles. The van der Waals surface area contributed by atoms with Crippen molar-refractivity contribution in [1.82, 2.24) is 14.8 Å². The van der Waals surface area contributed by atoms with E-state index < -0.39 is 5.25 Å². The number of piperazine rings is 1. The number of thioether (sulfide) groups is 1. The fourth-order valence-electron chi connectivity index (χ4n) is 4.78. The number of amides is 3. The normalized spacial score (nSPS) is 20.8. The third kappa shape index (κ3) is 4.61. The zero-order valence-corrected chi connectivity index (χ0v) is 20.0. The number of fused-ring (bicyclic) bond motifs is 1. The summed E-state index contributed by atoms with van der Waals surface area (Å²) in [6, 6.07) is 13.4. The number of nitrogens with zero attached hydrogens (tertiary/aromatic N) is 5. The second-order valence-electron chi connectivity index (χ2n) is 8.83. The maximum absolute atomic E-state index is 13.5. The average molecular weight is 480 g/mol. The van der Waals surface area contributed by atoms with Crippen molar-refractivity contribution in [1.29, 1.82) is 0 Å². The van der Waals surface area contributed by atoms with Crippen molar-refractivity contribution in [2.45, 2.75) is 29.4 Å². The van der Waals surface area contributed by atoms with Gasteiger partial charge in [-0.15, -0.1) is 11.8 Å². The van der Waals surface area contributed by atoms with Crippen LogP contribution in [0.3, 0.4) is 0 Å². The highest BCUT2D eigenvalue weighted by atomic mass is 32.2. The van der Waals surface area contributed by atoms with Crippen LogP contribution >= 0.6 is 11.8 Å². The molecule has 2 aromatic rings. The first-order valence-electron chi connectivity index (χ1n) is 11.9. The average Bonchev–Trinajstić information content (AvgIpc) is 2.90. The molecule has 1 aromatic carbocycles. The number of hydrogen-bond acceptors (Lipinski definition) is 6. The Labute approximate surface area is 203 Å². The maximum atomic E-state index is 13.5. The SMILES string of the molecule is O=C(CN1C(=O)[C@H](C(=O)N2CCCCC2)Sc2ccccc21)N1CCN(c2ccccn2)CC1. The summed E-state index contributed by atoms with van der Waals surface area (Å²) in [5, 5.41) is -0.832. The Morgan fingerprint density at radius 3 is 2.35 bits per heavy atom. The number of benzene rings is 1. The number of hydrogen-bond donors (Lipinski definition) is 0. The second-order valence-corrected chi connectivity index (χ2v) is 9.98. The molecule has 5 rings (SSSR count). The van der Waals surface area contributed by atoms with Gasteiger partial charge in [-0.05, 0) is 43.5 Å². The standard InChI is InChI=1S/C25H29N5O3S/c31-22(28-16-14-27(15-17-28)21-10-4-5-11-26-21)18-30-19-8-2-3-9-20(19)34-23(25(30)33)24(32)29-12-6-1-7-13-29/h2-5,8-11,23H,1,6-7,12-18H2/t23-/m0/s1. The van der Waals surface area contributed by atoms with Crippen LogP contribution in [0.1, 0.15) is 19.3 Å². The number of pyridine rings is 1. The third-order valence-electron chi connectivity index (χ3n) is 6.68. The first-order valence-corrected chi connectivity index (χ1v) is 12.8. The Bertz CT molecular complexity index is 1050. The lowest BCUT2D eigenvalue weighted by Crippen LogP contribution is -2.55. The number of piperidine rings is 1. The highest BCUT2D eigenvalue weighted by molar-refractivity contribution is 8.01. The monoisotopic (exact) mass is 479 g/mol. The van der Waals surface area contributed by atoms with Gasteiger partial charge < -0.3 is 19.6 Å². The molecule has 178 valence electrons. The van der Waals surface area contributed by atoms with Gasteiger partial charge in [-0.1, -0.05) is 18.2 Å². The van der Waals surface area contributed by atoms with E-state index in [0.29, 0.717) is 45.0 Å². The summed E-state index contributed by atoms with van der Waals surface area (Å²) in [6.07, 6.45) is 4.83. The van der Waals surface area contributed by atoms with E-state index >= 15 is 0 Å². The van der Waals surface area contributed by atoms with Crippen molar-refractivity contribution in [3.05, 3.63) is 48.7 Å². The fraction of sp³-hybridized carbons (Fsp3) is 0.440. The molecule has 0 saturated carbocycles. The maximum Gasteiger partial charge on any atom is 0.250 e. The number of likely N-dealkylation sites (tertiary alicyclic amines) is 1. The molecule has 2 fully saturated rings. The lowest BCUT2D eigenvalue weighted by Gasteiger charge is -2.38. The fourth-order valence-corrected chi connectivity index (χ4v) is 5.97. The van der Waals surface area contributed by atoms with Crippen molar-refractivity contribution >= 4 is 41.0 Å². The number of rotatable bonds is 4. The number of carbonyl (C=O) groups excluding carboxylic acids is 3. The van der Waals surface area contributed by atoms with Crippen molar-refractivity contribution in [3.63, 3.8) is 0 Å². The number of para-hydroxylation sites is 1. The van der Waals surface area contributed by atoms with Gasteiger partial charge in [-0.2, -0.15) is 0 Å². The van der Waals surface area contributed by atoms with Gasteiger partial charge in [0, 0.05) is 50.4 Å². The smallest absolute Gasteiger partial charge is 0.250 e. The van der Waals surface area contributed by atoms with Crippen molar-refractivity contribution < 1.29 is 14.4 Å². The van der Waals surface area contributed by atoms with Crippen molar-refractivity contribution in [3.8, 4) is 0 Å². The molecule has 2 saturated heterocycles. The van der Waals surface area contributed by atoms with Crippen LogP contribution in [-0.2, 0) is 14.4 Å². The molecule has 34 heavy (non-hydrogen) atoms. The van der Waals surface area contributed by atoms with Gasteiger partial charge in [0.1, 0.15) is 12.4 Å². The van der Waals surface area contributed by atoms with Crippen LogP contribution in [-0.4, -0.2) is 83.6 Å². The summed E-state index contributed by atoms with van der Waals surface area (Å²) < 4.78 is 0. The van der Waals surface area contributed by atoms with E-state index in [0.717, 1.165) is 30.0 Å². The molecule has 4 heterocycles. The van der Waals surface area contributed by atoms with E-state index in [1.54, 1.807) is 11.1 Å². The molecule has 3 aliphatic heterocycles. The van der Waals surface area contributed by atoms with E-state index in [9.17, 15) is 14.4 Å². The minimum atomic E-state index is -0.832. The van der Waals surface area contributed by atoms with Gasteiger partial charge in [0.15, 0.2) is 5.25 Å². The zero-order valence-electron chi connectivity index (χ0n) is 19.1. The predicted molar refractivity (Wildman–Crippen MR) is 132 cm³/mol. The van der Waals surface area contributed by atoms with Gasteiger partial charge in [0.05, 0.1) is 5.69 Å². The van der Waals surface area contributed by atoms with Crippen molar-refractivity contribution in [2.75, 3.05) is 55.6 Å². The van der Waals surface area contributed by atoms with Crippen LogP contribution in [0, 0.1) is 0 Å². The quantitative estimate of drug-likeness (QED) is 0.626. The van der Waals surface area contributed by atoms with Crippen LogP contribution in [0.4, 0.5) is 11.5 Å². The highest BCUT2D eigenvalue weighted by Gasteiger charge is 2.41. The van der Waals surface area contributed by atoms with Crippen molar-refractivity contribution in [2.24, 2.45) is 0 Å². The Hall–Kier alpha value is -3.07. The van der Waals surface area contributed by atoms with E-state index in [1.807, 2.05) is 47.4 Å². The molecule has 8 nitrogen and oxygen atoms in total. The van der Waals surface area contributed by atoms with Crippen LogP contribution in [0.5, 0.6) is 0 Å². The Morgan fingerprint density at radius 2 is 1.62 bits per heavy atom. The van der Waals surface area contributed by atoms with Gasteiger partial charge in [0.25, 0.3) is 5.91 Å². The summed E-state index contributed by atoms with van der Waals surface area (Å²) in [5.74, 6) is 0.385. The lowest BCUT2D eigenvalue weighted by atomic mass is 10.1. The zero-order chi connectivity index (χ0) is 23.5. The second kappa shape index (κ2) is 10.0. The summed E-state index contributed by atoms with van der Waals surface area (Å²) >= 11 is 1.31. The molecule has 1 atom stereocenters. The molecule has 0 spiro atoms. The lowest BCUT2D eigenvalue weighted by molar-refractivity contribution is -0.137. The van der Waals surface area contributed by atoms with Crippen LogP contribution in [0.2, 0.25) is 0 Å². The Balaban J connectivity index is 1.28. The van der Waals surface area contributed by atoms with E-state index in [4.69, 9.17) is 0 Å². The van der Waals surface area contributed by atoms with Crippen LogP contribution in [0.15, 0.2) is 53.6 Å². The van der Waals surface area contributed by atoms with Gasteiger partial charge >= 0.3 is 0 Å². The van der Waals surface area contributed by atoms with Gasteiger partial charge in [-0.3, -0.25) is 14.4 Å². The van der Waals surface area contributed by atoms with E-state index in [2.05, 4.69) is 9.88 Å². The molecule has 0 N–H and O–H groups in total. The first-order chi connectivity index (χ1) is 16.6. The topological polar surface area (TPSA) is 77.1 Å². The molecule has 0 bridgehead atoms. The minimum absolute atomic E-state index is 0.0518. The summed E-state index contributed by atoms with van der Waals surface area (Å²) in [6.45, 7) is 3.88. The van der Waals surface area contributed by atoms with Gasteiger partial charge in [0.2, 0.25) is 11.8 Å². The molecule has 3 amide bonds. The molecular formula is C25H29N5O3S. The number of anilines is 2. The largest absolute Gasteiger partial charge is 0.353 e. The molecule has 0 unspecified atom stereocenters. The summed E-state index contributed by atoms with van der Waals surface area (Å²) in [5.41, 5.74) is 0.709. The molecule has 1 aromatic heterocycles. The molecule has 9 heteroatoms. The first kappa shape index (κ1) is 22.7. The highest BCUT2D eigenvalue weighted by Crippen LogP contribution is 2.40.